The van der Waals surface area contributed by atoms with Gasteiger partial charge in [-0.05, 0) is 26.2 Å². The summed E-state index contributed by atoms with van der Waals surface area (Å²) in [7, 11) is 0. The van der Waals surface area contributed by atoms with Gasteiger partial charge in [0, 0.05) is 19.5 Å². The Labute approximate surface area is 127 Å². The Kier molecular flexibility index (Phi) is 4.04. The van der Waals surface area contributed by atoms with E-state index in [1.54, 1.807) is 4.90 Å². The highest BCUT2D eigenvalue weighted by Gasteiger charge is 2.28. The van der Waals surface area contributed by atoms with E-state index in [0.29, 0.717) is 13.1 Å². The zero-order valence-corrected chi connectivity index (χ0v) is 14.1. The Morgan fingerprint density at radius 1 is 1.29 bits per heavy atom. The summed E-state index contributed by atoms with van der Waals surface area (Å²) in [5.74, 6) is 0. The Bertz CT molecular complexity index is 521. The lowest BCUT2D eigenvalue weighted by molar-refractivity contribution is 0.0217. The first-order chi connectivity index (χ1) is 9.55. The predicted molar refractivity (Wildman–Crippen MR) is 82.0 cm³/mol. The lowest BCUT2D eigenvalue weighted by Crippen LogP contribution is -2.40. The second-order valence-corrected chi connectivity index (χ2v) is 7.98. The van der Waals surface area contributed by atoms with Crippen LogP contribution in [0.1, 0.15) is 52.9 Å². The van der Waals surface area contributed by atoms with Crippen molar-refractivity contribution in [3.8, 4) is 0 Å². The maximum atomic E-state index is 12.2. The molecular formula is C16H27N3O2. The molecule has 118 valence electrons. The summed E-state index contributed by atoms with van der Waals surface area (Å²) in [5, 5.41) is 0. The summed E-state index contributed by atoms with van der Waals surface area (Å²) < 4.78 is 7.64. The fourth-order valence-electron chi connectivity index (χ4n) is 2.47. The van der Waals surface area contributed by atoms with Gasteiger partial charge >= 0.3 is 6.09 Å². The number of nitrogens with zero attached hydrogens (tertiary/aromatic N) is 3. The molecule has 0 aliphatic carbocycles. The standard InChI is InChI=1S/C16H27N3O2/c1-15(2,3)10-19-11-17-12-7-8-18(9-13(12)19)14(20)21-16(4,5)6/h11H,7-10H2,1-6H3. The molecular weight excluding hydrogens is 266 g/mol. The molecule has 0 atom stereocenters. The van der Waals surface area contributed by atoms with Crippen LogP contribution >= 0.6 is 0 Å². The number of hydrogen-bond donors (Lipinski definition) is 0. The second kappa shape index (κ2) is 5.35. The van der Waals surface area contributed by atoms with Crippen LogP contribution in [0, 0.1) is 5.41 Å². The molecule has 0 spiro atoms. The van der Waals surface area contributed by atoms with Gasteiger partial charge in [0.2, 0.25) is 0 Å². The number of rotatable bonds is 1. The average molecular weight is 293 g/mol. The summed E-state index contributed by atoms with van der Waals surface area (Å²) in [4.78, 5) is 18.5. The summed E-state index contributed by atoms with van der Waals surface area (Å²) in [6.45, 7) is 14.4. The maximum Gasteiger partial charge on any atom is 0.410 e. The zero-order valence-electron chi connectivity index (χ0n) is 14.1. The van der Waals surface area contributed by atoms with Gasteiger partial charge in [-0.15, -0.1) is 0 Å². The van der Waals surface area contributed by atoms with Gasteiger partial charge < -0.3 is 14.2 Å². The van der Waals surface area contributed by atoms with Crippen molar-refractivity contribution < 1.29 is 9.53 Å². The highest BCUT2D eigenvalue weighted by Crippen LogP contribution is 2.24. The van der Waals surface area contributed by atoms with E-state index in [-0.39, 0.29) is 11.5 Å². The smallest absolute Gasteiger partial charge is 0.410 e. The SMILES string of the molecule is CC(C)(C)Cn1cnc2c1CN(C(=O)OC(C)(C)C)CC2. The van der Waals surface area contributed by atoms with Gasteiger partial charge in [0.25, 0.3) is 0 Å². The molecule has 2 heterocycles. The van der Waals surface area contributed by atoms with Gasteiger partial charge in [-0.3, -0.25) is 0 Å². The summed E-state index contributed by atoms with van der Waals surface area (Å²) in [6.07, 6.45) is 2.46. The Balaban J connectivity index is 2.12. The molecule has 5 nitrogen and oxygen atoms in total. The van der Waals surface area contributed by atoms with Crippen LogP contribution in [0.4, 0.5) is 4.79 Å². The van der Waals surface area contributed by atoms with Gasteiger partial charge in [-0.1, -0.05) is 20.8 Å². The van der Waals surface area contributed by atoms with E-state index in [1.165, 1.54) is 0 Å². The molecule has 0 bridgehead atoms. The van der Waals surface area contributed by atoms with Crippen LogP contribution in [-0.4, -0.2) is 32.7 Å². The van der Waals surface area contributed by atoms with E-state index >= 15 is 0 Å². The third kappa shape index (κ3) is 4.22. The lowest BCUT2D eigenvalue weighted by Gasteiger charge is -2.31. The first-order valence-electron chi connectivity index (χ1n) is 7.56. The molecule has 21 heavy (non-hydrogen) atoms. The molecule has 1 amide bonds. The van der Waals surface area contributed by atoms with Crippen LogP contribution in [0.25, 0.3) is 0 Å². The summed E-state index contributed by atoms with van der Waals surface area (Å²) in [6, 6.07) is 0. The summed E-state index contributed by atoms with van der Waals surface area (Å²) in [5.41, 5.74) is 1.98. The molecule has 1 aliphatic heterocycles. The largest absolute Gasteiger partial charge is 0.444 e. The number of carbonyl (C=O) groups is 1. The van der Waals surface area contributed by atoms with E-state index in [9.17, 15) is 4.79 Å². The topological polar surface area (TPSA) is 47.4 Å². The fraction of sp³-hybridized carbons (Fsp3) is 0.750. The van der Waals surface area contributed by atoms with Crippen molar-refractivity contribution in [3.05, 3.63) is 17.7 Å². The molecule has 2 rings (SSSR count). The number of amides is 1. The molecule has 0 unspecified atom stereocenters. The second-order valence-electron chi connectivity index (χ2n) is 7.98. The molecule has 1 aliphatic rings. The predicted octanol–water partition coefficient (Wildman–Crippen LogP) is 3.22. The lowest BCUT2D eigenvalue weighted by atomic mass is 9.96. The van der Waals surface area contributed by atoms with Gasteiger partial charge in [0.15, 0.2) is 0 Å². The number of fused-ring (bicyclic) bond motifs is 1. The zero-order chi connectivity index (χ0) is 15.8. The Morgan fingerprint density at radius 2 is 1.95 bits per heavy atom. The minimum Gasteiger partial charge on any atom is -0.444 e. The van der Waals surface area contributed by atoms with Gasteiger partial charge in [0.05, 0.1) is 24.3 Å². The van der Waals surface area contributed by atoms with E-state index in [2.05, 4.69) is 30.3 Å². The molecule has 1 aromatic heterocycles. The van der Waals surface area contributed by atoms with Crippen molar-refractivity contribution in [1.29, 1.82) is 0 Å². The third-order valence-corrected chi connectivity index (χ3v) is 3.29. The molecule has 0 radical (unpaired) electrons. The van der Waals surface area contributed by atoms with Crippen LogP contribution in [0.2, 0.25) is 0 Å². The normalized spacial score (nSPS) is 15.8. The molecule has 0 saturated heterocycles. The average Bonchev–Trinajstić information content (AvgIpc) is 2.67. The third-order valence-electron chi connectivity index (χ3n) is 3.29. The first kappa shape index (κ1) is 15.9. The number of aromatic nitrogens is 2. The van der Waals surface area contributed by atoms with Crippen molar-refractivity contribution in [2.24, 2.45) is 5.41 Å². The molecule has 0 fully saturated rings. The van der Waals surface area contributed by atoms with E-state index in [0.717, 1.165) is 24.4 Å². The Morgan fingerprint density at radius 3 is 2.52 bits per heavy atom. The van der Waals surface area contributed by atoms with Crippen molar-refractivity contribution in [2.45, 2.75) is 66.7 Å². The van der Waals surface area contributed by atoms with Gasteiger partial charge in [0.1, 0.15) is 5.60 Å². The minimum atomic E-state index is -0.455. The minimum absolute atomic E-state index is 0.183. The monoisotopic (exact) mass is 293 g/mol. The van der Waals surface area contributed by atoms with Crippen LogP contribution in [0.5, 0.6) is 0 Å². The molecule has 0 aromatic carbocycles. The number of ether oxygens (including phenoxy) is 1. The van der Waals surface area contributed by atoms with Crippen molar-refractivity contribution >= 4 is 6.09 Å². The highest BCUT2D eigenvalue weighted by atomic mass is 16.6. The maximum absolute atomic E-state index is 12.2. The van der Waals surface area contributed by atoms with Crippen LogP contribution in [0.15, 0.2) is 6.33 Å². The van der Waals surface area contributed by atoms with E-state index in [4.69, 9.17) is 4.74 Å². The van der Waals surface area contributed by atoms with Crippen molar-refractivity contribution in [1.82, 2.24) is 14.5 Å². The van der Waals surface area contributed by atoms with Crippen LogP contribution in [-0.2, 0) is 24.2 Å². The van der Waals surface area contributed by atoms with Crippen LogP contribution in [0.3, 0.4) is 0 Å². The number of imidazole rings is 1. The van der Waals surface area contributed by atoms with Crippen molar-refractivity contribution in [2.75, 3.05) is 6.54 Å². The van der Waals surface area contributed by atoms with E-state index in [1.807, 2.05) is 27.1 Å². The van der Waals surface area contributed by atoms with E-state index < -0.39 is 5.60 Å². The van der Waals surface area contributed by atoms with Gasteiger partial charge in [-0.2, -0.15) is 0 Å². The highest BCUT2D eigenvalue weighted by molar-refractivity contribution is 5.68. The van der Waals surface area contributed by atoms with Crippen LogP contribution < -0.4 is 0 Å². The summed E-state index contributed by atoms with van der Waals surface area (Å²) >= 11 is 0. The number of hydrogen-bond acceptors (Lipinski definition) is 3. The number of carbonyl (C=O) groups excluding carboxylic acids is 1. The molecule has 5 heteroatoms. The first-order valence-corrected chi connectivity index (χ1v) is 7.56. The molecule has 0 N–H and O–H groups in total. The fourth-order valence-corrected chi connectivity index (χ4v) is 2.47. The molecule has 1 aromatic rings. The molecule has 0 saturated carbocycles. The quantitative estimate of drug-likeness (QED) is 0.798. The Hall–Kier alpha value is -1.52. The van der Waals surface area contributed by atoms with Gasteiger partial charge in [-0.25, -0.2) is 9.78 Å². The van der Waals surface area contributed by atoms with Crippen molar-refractivity contribution in [3.63, 3.8) is 0 Å².